The molecule has 2 unspecified atom stereocenters. The Morgan fingerprint density at radius 2 is 0.623 bits per heavy atom. The van der Waals surface area contributed by atoms with Crippen molar-refractivity contribution < 1.29 is 15.0 Å². The first-order valence-corrected chi connectivity index (χ1v) is 28.1. The Morgan fingerprint density at radius 1 is 0.377 bits per heavy atom. The molecule has 362 valence electrons. The molecular formula is C57H111NO3. The molecule has 0 fully saturated rings. The van der Waals surface area contributed by atoms with Crippen molar-refractivity contribution in [2.45, 2.75) is 328 Å². The van der Waals surface area contributed by atoms with Crippen LogP contribution in [0.4, 0.5) is 0 Å². The van der Waals surface area contributed by atoms with E-state index in [-0.39, 0.29) is 12.5 Å². The average molecular weight is 859 g/mol. The highest BCUT2D eigenvalue weighted by Gasteiger charge is 2.18. The fraction of sp³-hybridized carbons (Fsp3) is 0.912. The molecule has 0 radical (unpaired) electrons. The van der Waals surface area contributed by atoms with E-state index in [4.69, 9.17) is 0 Å². The number of carbonyl (C=O) groups is 1. The molecule has 2 atom stereocenters. The minimum atomic E-state index is -0.837. The summed E-state index contributed by atoms with van der Waals surface area (Å²) < 4.78 is 0. The van der Waals surface area contributed by atoms with Gasteiger partial charge in [0.05, 0.1) is 18.8 Å². The monoisotopic (exact) mass is 858 g/mol. The lowest BCUT2D eigenvalue weighted by atomic mass is 10.0. The van der Waals surface area contributed by atoms with Crippen LogP contribution in [0, 0.1) is 0 Å². The summed E-state index contributed by atoms with van der Waals surface area (Å²) in [5.74, 6) is -0.0584. The third-order valence-electron chi connectivity index (χ3n) is 13.2. The molecule has 0 aliphatic rings. The minimum Gasteiger partial charge on any atom is -0.394 e. The lowest BCUT2D eigenvalue weighted by Crippen LogP contribution is -2.45. The Bertz CT molecular complexity index is 886. The molecule has 0 aromatic rings. The summed E-state index contributed by atoms with van der Waals surface area (Å²) in [5, 5.41) is 23.1. The first-order valence-electron chi connectivity index (χ1n) is 28.1. The Balaban J connectivity index is 3.43. The first-order chi connectivity index (χ1) is 30.2. The van der Waals surface area contributed by atoms with E-state index in [0.717, 1.165) is 25.7 Å². The Labute approximate surface area is 383 Å². The number of nitrogens with one attached hydrogen (secondary N) is 1. The van der Waals surface area contributed by atoms with Crippen LogP contribution in [-0.2, 0) is 4.79 Å². The smallest absolute Gasteiger partial charge is 0.220 e. The Hall–Kier alpha value is -1.13. The molecular weight excluding hydrogens is 747 g/mol. The number of hydrogen-bond donors (Lipinski definition) is 3. The van der Waals surface area contributed by atoms with Crippen molar-refractivity contribution >= 4 is 5.91 Å². The largest absolute Gasteiger partial charge is 0.394 e. The van der Waals surface area contributed by atoms with Gasteiger partial charge in [0.2, 0.25) is 5.91 Å². The molecule has 0 bridgehead atoms. The maximum Gasteiger partial charge on any atom is 0.220 e. The number of unbranched alkanes of at least 4 members (excludes halogenated alkanes) is 43. The molecule has 61 heavy (non-hydrogen) atoms. The van der Waals surface area contributed by atoms with Gasteiger partial charge in [-0.2, -0.15) is 0 Å². The van der Waals surface area contributed by atoms with Gasteiger partial charge in [-0.3, -0.25) is 4.79 Å². The topological polar surface area (TPSA) is 69.6 Å². The van der Waals surface area contributed by atoms with Crippen molar-refractivity contribution in [3.63, 3.8) is 0 Å². The van der Waals surface area contributed by atoms with Crippen molar-refractivity contribution in [3.8, 4) is 0 Å². The fourth-order valence-corrected chi connectivity index (χ4v) is 8.88. The molecule has 0 aromatic carbocycles. The van der Waals surface area contributed by atoms with Crippen LogP contribution in [0.5, 0.6) is 0 Å². The number of aliphatic hydroxyl groups excluding tert-OH is 2. The van der Waals surface area contributed by atoms with Gasteiger partial charge in [0, 0.05) is 6.42 Å². The quantitative estimate of drug-likeness (QED) is 0.0422. The summed E-state index contributed by atoms with van der Waals surface area (Å²) in [6, 6.07) is -0.619. The fourth-order valence-electron chi connectivity index (χ4n) is 8.88. The SMILES string of the molecule is CCCCCCCCCCCCCC/C=C\CCCCCCCCCCCCCCCCCCC(=O)NC(CO)C(O)/C=C/CCCCCCCCCCCCCCCCC. The molecule has 0 aliphatic heterocycles. The average Bonchev–Trinajstić information content (AvgIpc) is 3.26. The van der Waals surface area contributed by atoms with Crippen molar-refractivity contribution in [3.05, 3.63) is 24.3 Å². The summed E-state index contributed by atoms with van der Waals surface area (Å²) in [6.45, 7) is 4.34. The van der Waals surface area contributed by atoms with Crippen LogP contribution in [0.2, 0.25) is 0 Å². The van der Waals surface area contributed by atoms with Gasteiger partial charge >= 0.3 is 0 Å². The standard InChI is InChI=1S/C57H111NO3/c1-3-5-7-9-11-13-15-17-19-21-22-23-24-25-26-27-28-29-30-31-32-33-34-35-37-39-41-43-45-47-49-51-53-57(61)58-55(54-59)56(60)52-50-48-46-44-42-40-38-36-20-18-16-14-12-10-8-6-4-2/h25-26,50,52,55-56,59-60H,3-24,27-49,51,53-54H2,1-2H3,(H,58,61)/b26-25-,52-50+. The van der Waals surface area contributed by atoms with Gasteiger partial charge in [0.1, 0.15) is 0 Å². The maximum absolute atomic E-state index is 12.5. The van der Waals surface area contributed by atoms with Crippen molar-refractivity contribution in [1.29, 1.82) is 0 Å². The third-order valence-corrected chi connectivity index (χ3v) is 13.2. The van der Waals surface area contributed by atoms with E-state index >= 15 is 0 Å². The molecule has 0 heterocycles. The number of allylic oxidation sites excluding steroid dienone is 3. The molecule has 0 spiro atoms. The molecule has 0 aromatic heterocycles. The zero-order valence-electron chi connectivity index (χ0n) is 41.7. The van der Waals surface area contributed by atoms with Crippen molar-refractivity contribution in [2.24, 2.45) is 0 Å². The normalized spacial score (nSPS) is 12.9. The van der Waals surface area contributed by atoms with Gasteiger partial charge in [-0.05, 0) is 44.9 Å². The summed E-state index contributed by atoms with van der Waals surface area (Å²) in [7, 11) is 0. The third kappa shape index (κ3) is 49.7. The summed E-state index contributed by atoms with van der Waals surface area (Å²) in [5.41, 5.74) is 0. The maximum atomic E-state index is 12.5. The minimum absolute atomic E-state index is 0.0584. The van der Waals surface area contributed by atoms with Gasteiger partial charge < -0.3 is 15.5 Å². The van der Waals surface area contributed by atoms with E-state index in [2.05, 4.69) is 31.3 Å². The van der Waals surface area contributed by atoms with Gasteiger partial charge in [-0.15, -0.1) is 0 Å². The summed E-state index contributed by atoms with van der Waals surface area (Å²) >= 11 is 0. The molecule has 4 heteroatoms. The van der Waals surface area contributed by atoms with Crippen LogP contribution >= 0.6 is 0 Å². The zero-order valence-corrected chi connectivity index (χ0v) is 41.7. The van der Waals surface area contributed by atoms with Crippen LogP contribution in [0.3, 0.4) is 0 Å². The van der Waals surface area contributed by atoms with Gasteiger partial charge in [0.15, 0.2) is 0 Å². The van der Waals surface area contributed by atoms with Gasteiger partial charge in [-0.1, -0.05) is 289 Å². The number of hydrogen-bond acceptors (Lipinski definition) is 3. The van der Waals surface area contributed by atoms with E-state index in [0.29, 0.717) is 6.42 Å². The second-order valence-electron chi connectivity index (χ2n) is 19.4. The van der Waals surface area contributed by atoms with E-state index in [1.807, 2.05) is 6.08 Å². The van der Waals surface area contributed by atoms with E-state index in [1.54, 1.807) is 6.08 Å². The highest BCUT2D eigenvalue weighted by Crippen LogP contribution is 2.17. The zero-order chi connectivity index (χ0) is 44.2. The van der Waals surface area contributed by atoms with Crippen LogP contribution in [-0.4, -0.2) is 34.9 Å². The number of rotatable bonds is 52. The first kappa shape index (κ1) is 59.9. The lowest BCUT2D eigenvalue weighted by Gasteiger charge is -2.20. The molecule has 0 saturated carbocycles. The van der Waals surface area contributed by atoms with Crippen molar-refractivity contribution in [1.82, 2.24) is 5.32 Å². The second-order valence-corrected chi connectivity index (χ2v) is 19.4. The van der Waals surface area contributed by atoms with E-state index in [9.17, 15) is 15.0 Å². The predicted octanol–water partition coefficient (Wildman–Crippen LogP) is 18.3. The Kier molecular flexibility index (Phi) is 52.2. The van der Waals surface area contributed by atoms with E-state index in [1.165, 1.54) is 270 Å². The number of aliphatic hydroxyl groups is 2. The van der Waals surface area contributed by atoms with Crippen LogP contribution in [0.1, 0.15) is 316 Å². The lowest BCUT2D eigenvalue weighted by molar-refractivity contribution is -0.123. The highest BCUT2D eigenvalue weighted by atomic mass is 16.3. The molecule has 0 rings (SSSR count). The predicted molar refractivity (Wildman–Crippen MR) is 272 cm³/mol. The van der Waals surface area contributed by atoms with Crippen molar-refractivity contribution in [2.75, 3.05) is 6.61 Å². The second kappa shape index (κ2) is 53.2. The molecule has 0 saturated heterocycles. The van der Waals surface area contributed by atoms with Gasteiger partial charge in [-0.25, -0.2) is 0 Å². The highest BCUT2D eigenvalue weighted by molar-refractivity contribution is 5.76. The molecule has 1 amide bonds. The number of carbonyl (C=O) groups excluding carboxylic acids is 1. The molecule has 3 N–H and O–H groups in total. The number of amides is 1. The summed E-state index contributed by atoms with van der Waals surface area (Å²) in [6.07, 6.45) is 70.6. The Morgan fingerprint density at radius 3 is 0.902 bits per heavy atom. The van der Waals surface area contributed by atoms with Crippen LogP contribution < -0.4 is 5.32 Å². The van der Waals surface area contributed by atoms with Crippen LogP contribution in [0.25, 0.3) is 0 Å². The van der Waals surface area contributed by atoms with Gasteiger partial charge in [0.25, 0.3) is 0 Å². The summed E-state index contributed by atoms with van der Waals surface area (Å²) in [4.78, 5) is 12.5. The van der Waals surface area contributed by atoms with E-state index < -0.39 is 12.1 Å². The molecule has 0 aliphatic carbocycles. The van der Waals surface area contributed by atoms with Crippen LogP contribution in [0.15, 0.2) is 24.3 Å². The molecule has 4 nitrogen and oxygen atoms in total.